The van der Waals surface area contributed by atoms with E-state index in [1.54, 1.807) is 16.6 Å². The summed E-state index contributed by atoms with van der Waals surface area (Å²) in [6.45, 7) is 0. The number of nitrogens with zero attached hydrogens (tertiary/aromatic N) is 5. The molecule has 0 saturated carbocycles. The van der Waals surface area contributed by atoms with Gasteiger partial charge in [-0.1, -0.05) is 30.3 Å². The molecule has 33 heavy (non-hydrogen) atoms. The van der Waals surface area contributed by atoms with Gasteiger partial charge in [0.05, 0.1) is 21.8 Å². The van der Waals surface area contributed by atoms with Gasteiger partial charge in [-0.2, -0.15) is 10.4 Å². The van der Waals surface area contributed by atoms with Crippen LogP contribution in [0.25, 0.3) is 50.0 Å². The molecule has 3 aromatic carbocycles. The summed E-state index contributed by atoms with van der Waals surface area (Å²) >= 11 is 0. The van der Waals surface area contributed by atoms with Gasteiger partial charge in [0.1, 0.15) is 11.6 Å². The third-order valence-electron chi connectivity index (χ3n) is 5.76. The maximum Gasteiger partial charge on any atom is 0.269 e. The van der Waals surface area contributed by atoms with E-state index in [1.807, 2.05) is 54.7 Å². The number of fused-ring (bicyclic) bond motifs is 4. The summed E-state index contributed by atoms with van der Waals surface area (Å²) in [6, 6.07) is 23.9. The highest BCUT2D eigenvalue weighted by Gasteiger charge is 2.23. The lowest BCUT2D eigenvalue weighted by atomic mass is 10.00. The van der Waals surface area contributed by atoms with Gasteiger partial charge in [0.25, 0.3) is 5.69 Å². The van der Waals surface area contributed by atoms with Gasteiger partial charge in [0.15, 0.2) is 5.65 Å². The average Bonchev–Trinajstić information content (AvgIpc) is 3.44. The second-order valence-electron chi connectivity index (χ2n) is 7.60. The predicted octanol–water partition coefficient (Wildman–Crippen LogP) is 5.48. The Hall–Kier alpha value is -5.03. The van der Waals surface area contributed by atoms with Crippen molar-refractivity contribution in [1.29, 1.82) is 5.26 Å². The quantitative estimate of drug-likeness (QED) is 0.295. The third-order valence-corrected chi connectivity index (χ3v) is 5.76. The first-order valence-electron chi connectivity index (χ1n) is 10.2. The van der Waals surface area contributed by atoms with Gasteiger partial charge in [-0.3, -0.25) is 10.1 Å². The summed E-state index contributed by atoms with van der Waals surface area (Å²) in [4.78, 5) is 18.9. The molecule has 0 unspecified atom stereocenters. The van der Waals surface area contributed by atoms with E-state index in [9.17, 15) is 15.4 Å². The van der Waals surface area contributed by atoms with Crippen molar-refractivity contribution in [3.63, 3.8) is 0 Å². The number of nitrogens with one attached hydrogen (secondary N) is 1. The molecule has 8 heteroatoms. The van der Waals surface area contributed by atoms with E-state index in [0.717, 1.165) is 27.4 Å². The third kappa shape index (κ3) is 2.77. The highest BCUT2D eigenvalue weighted by Crippen LogP contribution is 2.37. The lowest BCUT2D eigenvalue weighted by Crippen LogP contribution is -2.03. The van der Waals surface area contributed by atoms with Gasteiger partial charge in [-0.15, -0.1) is 0 Å². The minimum atomic E-state index is -0.448. The van der Waals surface area contributed by atoms with Crippen molar-refractivity contribution < 1.29 is 4.92 Å². The van der Waals surface area contributed by atoms with Crippen LogP contribution in [0, 0.1) is 21.4 Å². The fourth-order valence-corrected chi connectivity index (χ4v) is 4.24. The van der Waals surface area contributed by atoms with Gasteiger partial charge < -0.3 is 4.98 Å². The zero-order valence-corrected chi connectivity index (χ0v) is 17.1. The first-order valence-corrected chi connectivity index (χ1v) is 10.2. The van der Waals surface area contributed by atoms with Crippen molar-refractivity contribution >= 4 is 33.1 Å². The number of nitro groups is 1. The first kappa shape index (κ1) is 18.7. The Morgan fingerprint density at radius 1 is 0.970 bits per heavy atom. The summed E-state index contributed by atoms with van der Waals surface area (Å²) in [5.41, 5.74) is 5.12. The normalized spacial score (nSPS) is 11.2. The molecule has 1 N–H and O–H groups in total. The number of H-pyrrole nitrogens is 1. The largest absolute Gasteiger partial charge is 0.360 e. The van der Waals surface area contributed by atoms with E-state index in [4.69, 9.17) is 10.1 Å². The Labute approximate surface area is 186 Å². The van der Waals surface area contributed by atoms with Crippen molar-refractivity contribution in [2.45, 2.75) is 0 Å². The summed E-state index contributed by atoms with van der Waals surface area (Å²) < 4.78 is 1.66. The van der Waals surface area contributed by atoms with Crippen molar-refractivity contribution in [3.05, 3.63) is 94.7 Å². The van der Waals surface area contributed by atoms with E-state index in [2.05, 4.69) is 11.1 Å². The zero-order chi connectivity index (χ0) is 22.5. The molecular weight excluding hydrogens is 416 g/mol. The highest BCUT2D eigenvalue weighted by molar-refractivity contribution is 6.00. The minimum Gasteiger partial charge on any atom is -0.360 e. The SMILES string of the molecule is N#Cc1c(-c2c[nH]c3ccccc23)nc2c3ccccc3nn2c1-c1ccc([N+](=O)[O-])cc1. The molecule has 156 valence electrons. The molecule has 6 rings (SSSR count). The van der Waals surface area contributed by atoms with Gasteiger partial charge in [-0.25, -0.2) is 9.50 Å². The Bertz CT molecular complexity index is 1760. The van der Waals surface area contributed by atoms with Crippen molar-refractivity contribution in [2.75, 3.05) is 0 Å². The lowest BCUT2D eigenvalue weighted by molar-refractivity contribution is -0.384. The van der Waals surface area contributed by atoms with E-state index < -0.39 is 4.92 Å². The number of hydrogen-bond donors (Lipinski definition) is 1. The maximum atomic E-state index is 11.2. The number of nitro benzene ring substituents is 1. The van der Waals surface area contributed by atoms with Crippen LogP contribution >= 0.6 is 0 Å². The number of para-hydroxylation sites is 1. The summed E-state index contributed by atoms with van der Waals surface area (Å²) in [7, 11) is 0. The van der Waals surface area contributed by atoms with E-state index in [0.29, 0.717) is 28.2 Å². The number of aromatic amines is 1. The smallest absolute Gasteiger partial charge is 0.269 e. The second-order valence-corrected chi connectivity index (χ2v) is 7.60. The molecule has 6 aromatic rings. The van der Waals surface area contributed by atoms with Gasteiger partial charge >= 0.3 is 0 Å². The van der Waals surface area contributed by atoms with Crippen LogP contribution in [-0.4, -0.2) is 24.5 Å². The predicted molar refractivity (Wildman–Crippen MR) is 125 cm³/mol. The molecule has 0 aliphatic carbocycles. The van der Waals surface area contributed by atoms with Crippen molar-refractivity contribution in [3.8, 4) is 28.6 Å². The Morgan fingerprint density at radius 2 is 1.70 bits per heavy atom. The fraction of sp³-hybridized carbons (Fsp3) is 0. The van der Waals surface area contributed by atoms with Gasteiger partial charge in [-0.05, 0) is 30.3 Å². The van der Waals surface area contributed by atoms with E-state index >= 15 is 0 Å². The van der Waals surface area contributed by atoms with Crippen molar-refractivity contribution in [1.82, 2.24) is 19.6 Å². The standard InChI is InChI=1S/C25H14N6O2/c26-13-19-23(20-14-27-21-7-3-1-5-17(20)21)28-25-18-6-2-4-8-22(18)29-30(25)24(19)15-9-11-16(12-10-15)31(32)33/h1-12,14,27H. The number of hydrogen-bond acceptors (Lipinski definition) is 5. The van der Waals surface area contributed by atoms with Gasteiger partial charge in [0, 0.05) is 45.7 Å². The number of non-ortho nitro benzene ring substituents is 1. The fourth-order valence-electron chi connectivity index (χ4n) is 4.24. The number of rotatable bonds is 3. The molecule has 0 spiro atoms. The lowest BCUT2D eigenvalue weighted by Gasteiger charge is -2.11. The van der Waals surface area contributed by atoms with Crippen LogP contribution in [0.4, 0.5) is 5.69 Å². The minimum absolute atomic E-state index is 0.0231. The number of nitriles is 1. The molecular formula is C25H14N6O2. The van der Waals surface area contributed by atoms with Crippen LogP contribution < -0.4 is 0 Å². The molecule has 0 aliphatic heterocycles. The van der Waals surface area contributed by atoms with Crippen LogP contribution in [-0.2, 0) is 0 Å². The number of benzene rings is 3. The van der Waals surface area contributed by atoms with Gasteiger partial charge in [0.2, 0.25) is 0 Å². The summed E-state index contributed by atoms with van der Waals surface area (Å²) in [6.07, 6.45) is 1.85. The molecule has 0 amide bonds. The van der Waals surface area contributed by atoms with E-state index in [-0.39, 0.29) is 5.69 Å². The monoisotopic (exact) mass is 430 g/mol. The molecule has 3 aromatic heterocycles. The Balaban J connectivity index is 1.76. The van der Waals surface area contributed by atoms with E-state index in [1.165, 1.54) is 12.1 Å². The first-order chi connectivity index (χ1) is 16.2. The molecule has 0 atom stereocenters. The van der Waals surface area contributed by atoms with Crippen LogP contribution in [0.15, 0.2) is 79.0 Å². The number of aromatic nitrogens is 4. The molecule has 0 aliphatic rings. The average molecular weight is 430 g/mol. The van der Waals surface area contributed by atoms with Crippen molar-refractivity contribution in [2.24, 2.45) is 0 Å². The highest BCUT2D eigenvalue weighted by atomic mass is 16.6. The Kier molecular flexibility index (Phi) is 3.97. The topological polar surface area (TPSA) is 113 Å². The van der Waals surface area contributed by atoms with Crippen LogP contribution in [0.2, 0.25) is 0 Å². The molecule has 8 nitrogen and oxygen atoms in total. The van der Waals surface area contributed by atoms with Crippen LogP contribution in [0.1, 0.15) is 5.56 Å². The molecule has 0 bridgehead atoms. The zero-order valence-electron chi connectivity index (χ0n) is 17.1. The second kappa shape index (κ2) is 7.00. The molecule has 3 heterocycles. The molecule has 0 fully saturated rings. The molecule has 0 radical (unpaired) electrons. The van der Waals surface area contributed by atoms with Crippen LogP contribution in [0.5, 0.6) is 0 Å². The van der Waals surface area contributed by atoms with Crippen LogP contribution in [0.3, 0.4) is 0 Å². The maximum absolute atomic E-state index is 11.2. The molecule has 0 saturated heterocycles. The summed E-state index contributed by atoms with van der Waals surface area (Å²) in [5.74, 6) is 0. The summed E-state index contributed by atoms with van der Waals surface area (Å²) in [5, 5.41) is 27.9. The Morgan fingerprint density at radius 3 is 2.45 bits per heavy atom.